The van der Waals surface area contributed by atoms with Crippen LogP contribution in [0.3, 0.4) is 0 Å². The smallest absolute Gasteiger partial charge is 0.226 e. The average Bonchev–Trinajstić information content (AvgIpc) is 2.68. The van der Waals surface area contributed by atoms with Gasteiger partial charge in [-0.15, -0.1) is 23.2 Å². The first kappa shape index (κ1) is 9.60. The number of carbonyl (C=O) groups is 1. The summed E-state index contributed by atoms with van der Waals surface area (Å²) in [6.07, 6.45) is 2.91. The molecule has 2 aliphatic carbocycles. The van der Waals surface area contributed by atoms with E-state index in [1.165, 1.54) is 6.42 Å². The number of hydrogen-bond donors (Lipinski definition) is 1. The Balaban J connectivity index is 1.80. The van der Waals surface area contributed by atoms with E-state index in [2.05, 4.69) is 12.2 Å². The predicted octanol–water partition coefficient (Wildman–Crippen LogP) is 2.09. The van der Waals surface area contributed by atoms with E-state index in [4.69, 9.17) is 23.2 Å². The minimum Gasteiger partial charge on any atom is -0.353 e. The van der Waals surface area contributed by atoms with Crippen LogP contribution in [0.1, 0.15) is 26.2 Å². The molecule has 2 nitrogen and oxygen atoms in total. The van der Waals surface area contributed by atoms with Crippen LogP contribution in [0.15, 0.2) is 0 Å². The molecular formula is C9H13Cl2NO. The third-order valence-corrected chi connectivity index (χ3v) is 3.93. The number of alkyl halides is 2. The molecule has 3 unspecified atom stereocenters. The first-order valence-electron chi connectivity index (χ1n) is 4.69. The molecule has 2 rings (SSSR count). The molecule has 0 saturated heterocycles. The SMILES string of the molecule is CC1CCC1NC(=O)C1CC1(Cl)Cl. The number of carbonyl (C=O) groups excluding carboxylic acids is 1. The summed E-state index contributed by atoms with van der Waals surface area (Å²) in [5.74, 6) is 0.466. The summed E-state index contributed by atoms with van der Waals surface area (Å²) in [7, 11) is 0. The molecule has 0 bridgehead atoms. The van der Waals surface area contributed by atoms with Gasteiger partial charge in [-0.25, -0.2) is 0 Å². The van der Waals surface area contributed by atoms with Crippen LogP contribution in [-0.4, -0.2) is 16.3 Å². The number of nitrogens with one attached hydrogen (secondary N) is 1. The van der Waals surface area contributed by atoms with Crippen LogP contribution >= 0.6 is 23.2 Å². The van der Waals surface area contributed by atoms with Crippen molar-refractivity contribution in [3.05, 3.63) is 0 Å². The Bertz CT molecular complexity index is 242. The van der Waals surface area contributed by atoms with Gasteiger partial charge < -0.3 is 5.32 Å². The normalized spacial score (nSPS) is 40.7. The summed E-state index contributed by atoms with van der Waals surface area (Å²) in [5.41, 5.74) is 0. The van der Waals surface area contributed by atoms with E-state index in [9.17, 15) is 4.79 Å². The maximum Gasteiger partial charge on any atom is 0.226 e. The van der Waals surface area contributed by atoms with Crippen LogP contribution in [0.25, 0.3) is 0 Å². The highest BCUT2D eigenvalue weighted by Crippen LogP contribution is 2.53. The molecule has 2 saturated carbocycles. The fraction of sp³-hybridized carbons (Fsp3) is 0.889. The second-order valence-electron chi connectivity index (χ2n) is 4.19. The molecule has 3 atom stereocenters. The summed E-state index contributed by atoms with van der Waals surface area (Å²) in [5, 5.41) is 2.98. The first-order chi connectivity index (χ1) is 6.00. The maximum atomic E-state index is 11.5. The summed E-state index contributed by atoms with van der Waals surface area (Å²) in [4.78, 5) is 11.5. The molecule has 0 aromatic rings. The number of hydrogen-bond acceptors (Lipinski definition) is 1. The van der Waals surface area contributed by atoms with E-state index >= 15 is 0 Å². The molecule has 1 amide bonds. The lowest BCUT2D eigenvalue weighted by Gasteiger charge is -2.34. The summed E-state index contributed by atoms with van der Waals surface area (Å²) in [6, 6.07) is 0.359. The standard InChI is InChI=1S/C9H13Cl2NO/c1-5-2-3-7(5)12-8(13)6-4-9(6,10)11/h5-7H,2-4H2,1H3,(H,12,13). The van der Waals surface area contributed by atoms with Gasteiger partial charge in [-0.05, 0) is 25.2 Å². The zero-order valence-electron chi connectivity index (χ0n) is 7.52. The molecule has 0 radical (unpaired) electrons. The van der Waals surface area contributed by atoms with Crippen LogP contribution in [0, 0.1) is 11.8 Å². The van der Waals surface area contributed by atoms with Gasteiger partial charge in [-0.2, -0.15) is 0 Å². The van der Waals surface area contributed by atoms with Crippen LogP contribution < -0.4 is 5.32 Å². The minimum atomic E-state index is -0.781. The van der Waals surface area contributed by atoms with Crippen LogP contribution in [0.4, 0.5) is 0 Å². The van der Waals surface area contributed by atoms with Crippen molar-refractivity contribution in [2.45, 2.75) is 36.6 Å². The molecule has 74 valence electrons. The first-order valence-corrected chi connectivity index (χ1v) is 5.44. The lowest BCUT2D eigenvalue weighted by Crippen LogP contribution is -2.46. The Morgan fingerprint density at radius 3 is 2.38 bits per heavy atom. The zero-order chi connectivity index (χ0) is 9.64. The fourth-order valence-electron chi connectivity index (χ4n) is 1.66. The number of rotatable bonds is 2. The molecule has 0 aliphatic heterocycles. The van der Waals surface area contributed by atoms with E-state index in [0.717, 1.165) is 6.42 Å². The van der Waals surface area contributed by atoms with Gasteiger partial charge >= 0.3 is 0 Å². The maximum absolute atomic E-state index is 11.5. The monoisotopic (exact) mass is 221 g/mol. The Hall–Kier alpha value is 0.0500. The highest BCUT2D eigenvalue weighted by Gasteiger charge is 2.56. The summed E-state index contributed by atoms with van der Waals surface area (Å²) in [6.45, 7) is 2.15. The summed E-state index contributed by atoms with van der Waals surface area (Å²) >= 11 is 11.6. The van der Waals surface area contributed by atoms with Gasteiger partial charge in [0.2, 0.25) is 5.91 Å². The molecular weight excluding hydrogens is 209 g/mol. The number of halogens is 2. The third kappa shape index (κ3) is 1.79. The second-order valence-corrected chi connectivity index (χ2v) is 5.73. The topological polar surface area (TPSA) is 29.1 Å². The van der Waals surface area contributed by atoms with Crippen molar-refractivity contribution < 1.29 is 4.79 Å². The highest BCUT2D eigenvalue weighted by molar-refractivity contribution is 6.52. The largest absolute Gasteiger partial charge is 0.353 e. The Morgan fingerprint density at radius 1 is 1.46 bits per heavy atom. The zero-order valence-corrected chi connectivity index (χ0v) is 9.03. The van der Waals surface area contributed by atoms with Crippen molar-refractivity contribution in [1.29, 1.82) is 0 Å². The van der Waals surface area contributed by atoms with Gasteiger partial charge in [0, 0.05) is 6.04 Å². The van der Waals surface area contributed by atoms with Crippen molar-refractivity contribution >= 4 is 29.1 Å². The molecule has 0 aromatic carbocycles. The lowest BCUT2D eigenvalue weighted by atomic mass is 9.81. The molecule has 1 N–H and O–H groups in total. The molecule has 4 heteroatoms. The molecule has 13 heavy (non-hydrogen) atoms. The fourth-order valence-corrected chi connectivity index (χ4v) is 2.17. The van der Waals surface area contributed by atoms with E-state index in [1.54, 1.807) is 0 Å². The van der Waals surface area contributed by atoms with Crippen LogP contribution in [0.5, 0.6) is 0 Å². The Morgan fingerprint density at radius 2 is 2.08 bits per heavy atom. The number of amides is 1. The molecule has 0 heterocycles. The molecule has 0 aromatic heterocycles. The Labute approximate surface area is 88.0 Å². The average molecular weight is 222 g/mol. The van der Waals surface area contributed by atoms with Gasteiger partial charge in [0.1, 0.15) is 4.33 Å². The van der Waals surface area contributed by atoms with E-state index in [1.807, 2.05) is 0 Å². The molecule has 2 aliphatic rings. The predicted molar refractivity (Wildman–Crippen MR) is 52.9 cm³/mol. The molecule has 2 fully saturated rings. The summed E-state index contributed by atoms with van der Waals surface area (Å²) < 4.78 is -0.781. The van der Waals surface area contributed by atoms with Gasteiger partial charge in [-0.3, -0.25) is 4.79 Å². The molecule has 0 spiro atoms. The Kier molecular flexibility index (Phi) is 2.23. The highest BCUT2D eigenvalue weighted by atomic mass is 35.5. The second kappa shape index (κ2) is 3.03. The van der Waals surface area contributed by atoms with Crippen LogP contribution in [-0.2, 0) is 4.79 Å². The quantitative estimate of drug-likeness (QED) is 0.712. The van der Waals surface area contributed by atoms with Crippen molar-refractivity contribution in [3.63, 3.8) is 0 Å². The van der Waals surface area contributed by atoms with E-state index in [0.29, 0.717) is 18.4 Å². The third-order valence-electron chi connectivity index (χ3n) is 3.09. The van der Waals surface area contributed by atoms with E-state index in [-0.39, 0.29) is 11.8 Å². The van der Waals surface area contributed by atoms with Gasteiger partial charge in [-0.1, -0.05) is 6.92 Å². The van der Waals surface area contributed by atoms with Crippen molar-refractivity contribution in [1.82, 2.24) is 5.32 Å². The van der Waals surface area contributed by atoms with Gasteiger partial charge in [0.15, 0.2) is 0 Å². The van der Waals surface area contributed by atoms with Crippen LogP contribution in [0.2, 0.25) is 0 Å². The van der Waals surface area contributed by atoms with Gasteiger partial charge in [0.05, 0.1) is 5.92 Å². The minimum absolute atomic E-state index is 0.0292. The van der Waals surface area contributed by atoms with E-state index < -0.39 is 4.33 Å². The van der Waals surface area contributed by atoms with Crippen molar-refractivity contribution in [2.75, 3.05) is 0 Å². The van der Waals surface area contributed by atoms with Gasteiger partial charge in [0.25, 0.3) is 0 Å². The lowest BCUT2D eigenvalue weighted by molar-refractivity contribution is -0.124. The van der Waals surface area contributed by atoms with Crippen molar-refractivity contribution in [3.8, 4) is 0 Å². The van der Waals surface area contributed by atoms with Crippen molar-refractivity contribution in [2.24, 2.45) is 11.8 Å².